The fourth-order valence-electron chi connectivity index (χ4n) is 4.23. The normalized spacial score (nSPS) is 26.7. The van der Waals surface area contributed by atoms with Crippen molar-refractivity contribution in [3.63, 3.8) is 0 Å². The molecule has 3 heterocycles. The second-order valence-corrected chi connectivity index (χ2v) is 7.19. The average Bonchev–Trinajstić information content (AvgIpc) is 2.83. The highest BCUT2D eigenvalue weighted by atomic mass is 16.2. The van der Waals surface area contributed by atoms with Gasteiger partial charge in [-0.05, 0) is 25.0 Å². The van der Waals surface area contributed by atoms with Gasteiger partial charge in [-0.15, -0.1) is 0 Å². The number of anilines is 1. The Hall–Kier alpha value is -2.11. The molecule has 2 aliphatic rings. The van der Waals surface area contributed by atoms with Crippen LogP contribution in [0.4, 0.5) is 5.82 Å². The van der Waals surface area contributed by atoms with Crippen LogP contribution in [0.15, 0.2) is 24.4 Å². The first-order valence-electron chi connectivity index (χ1n) is 8.57. The number of rotatable bonds is 2. The third kappa shape index (κ3) is 2.85. The molecule has 0 saturated carbocycles. The van der Waals surface area contributed by atoms with E-state index in [4.69, 9.17) is 0 Å². The van der Waals surface area contributed by atoms with E-state index < -0.39 is 5.41 Å². The van der Waals surface area contributed by atoms with Crippen molar-refractivity contribution in [2.24, 2.45) is 11.3 Å². The number of likely N-dealkylation sites (tertiary alicyclic amines) is 1. The molecule has 0 unspecified atom stereocenters. The topological polar surface area (TPSA) is 56.8 Å². The summed E-state index contributed by atoms with van der Waals surface area (Å²) < 4.78 is 0. The predicted molar refractivity (Wildman–Crippen MR) is 92.6 cm³/mol. The fourth-order valence-corrected chi connectivity index (χ4v) is 4.23. The molecule has 2 aliphatic heterocycles. The first-order valence-corrected chi connectivity index (χ1v) is 8.57. The molecule has 6 heteroatoms. The van der Waals surface area contributed by atoms with Crippen molar-refractivity contribution < 1.29 is 9.59 Å². The Morgan fingerprint density at radius 1 is 1.29 bits per heavy atom. The zero-order chi connectivity index (χ0) is 17.3. The summed E-state index contributed by atoms with van der Waals surface area (Å²) in [7, 11) is 3.65. The number of nitrogens with zero attached hydrogens (tertiary/aromatic N) is 4. The highest BCUT2D eigenvalue weighted by molar-refractivity contribution is 5.84. The van der Waals surface area contributed by atoms with Crippen LogP contribution in [0.25, 0.3) is 0 Å². The average molecular weight is 330 g/mol. The van der Waals surface area contributed by atoms with E-state index in [-0.39, 0.29) is 17.7 Å². The van der Waals surface area contributed by atoms with Crippen LogP contribution in [0.3, 0.4) is 0 Å². The molecule has 1 aromatic rings. The van der Waals surface area contributed by atoms with Gasteiger partial charge >= 0.3 is 0 Å². The Labute approximate surface area is 143 Å². The number of amides is 2. The molecule has 0 aromatic carbocycles. The first kappa shape index (κ1) is 16.7. The van der Waals surface area contributed by atoms with Crippen LogP contribution in [0.2, 0.25) is 0 Å². The number of carbonyl (C=O) groups is 2. The Morgan fingerprint density at radius 2 is 2.08 bits per heavy atom. The number of aromatic nitrogens is 1. The summed E-state index contributed by atoms with van der Waals surface area (Å²) in [5.74, 6) is 1.32. The Bertz CT molecular complexity index is 619. The summed E-state index contributed by atoms with van der Waals surface area (Å²) in [5, 5.41) is 0. The Kier molecular flexibility index (Phi) is 4.47. The summed E-state index contributed by atoms with van der Waals surface area (Å²) in [6, 6.07) is 5.86. The van der Waals surface area contributed by atoms with Crippen LogP contribution in [-0.4, -0.2) is 66.9 Å². The first-order chi connectivity index (χ1) is 11.4. The minimum absolute atomic E-state index is 0.0967. The molecule has 1 aromatic heterocycles. The lowest BCUT2D eigenvalue weighted by Crippen LogP contribution is -2.47. The molecule has 2 fully saturated rings. The van der Waals surface area contributed by atoms with Gasteiger partial charge in [-0.1, -0.05) is 6.07 Å². The number of carbonyl (C=O) groups excluding carboxylic acids is 2. The molecule has 0 N–H and O–H groups in total. The van der Waals surface area contributed by atoms with Gasteiger partial charge in [0.2, 0.25) is 11.8 Å². The van der Waals surface area contributed by atoms with Gasteiger partial charge in [-0.2, -0.15) is 0 Å². The molecular formula is C18H26N4O2. The SMILES string of the molecule is CC(=O)N1CCC[C@@]2(C(=O)N(C)C)CN(c3ccccn3)C[C@H]2C1. The highest BCUT2D eigenvalue weighted by Crippen LogP contribution is 2.44. The zero-order valence-electron chi connectivity index (χ0n) is 14.7. The van der Waals surface area contributed by atoms with Crippen molar-refractivity contribution >= 4 is 17.6 Å². The van der Waals surface area contributed by atoms with Crippen molar-refractivity contribution in [1.82, 2.24) is 14.8 Å². The van der Waals surface area contributed by atoms with E-state index in [0.29, 0.717) is 13.1 Å². The summed E-state index contributed by atoms with van der Waals surface area (Å²) in [6.45, 7) is 4.46. The van der Waals surface area contributed by atoms with E-state index in [9.17, 15) is 9.59 Å². The van der Waals surface area contributed by atoms with Gasteiger partial charge in [0.05, 0.1) is 5.41 Å². The summed E-state index contributed by atoms with van der Waals surface area (Å²) in [4.78, 5) is 35.3. The lowest BCUT2D eigenvalue weighted by atomic mass is 9.74. The Morgan fingerprint density at radius 3 is 2.71 bits per heavy atom. The van der Waals surface area contributed by atoms with Gasteiger partial charge in [0.1, 0.15) is 5.82 Å². The lowest BCUT2D eigenvalue weighted by Gasteiger charge is -2.34. The standard InChI is InChI=1S/C18H26N4O2/c1-14(23)21-10-6-8-18(17(24)20(2)3)13-22(12-15(18)11-21)16-7-4-5-9-19-16/h4-5,7,9,15H,6,8,10-13H2,1-3H3/t15-,18-/m1/s1. The molecule has 6 nitrogen and oxygen atoms in total. The molecule has 2 atom stereocenters. The lowest BCUT2D eigenvalue weighted by molar-refractivity contribution is -0.141. The zero-order valence-corrected chi connectivity index (χ0v) is 14.7. The third-order valence-electron chi connectivity index (χ3n) is 5.44. The van der Waals surface area contributed by atoms with Gasteiger partial charge in [-0.25, -0.2) is 4.98 Å². The number of pyridine rings is 1. The molecule has 2 amide bonds. The predicted octanol–water partition coefficient (Wildman–Crippen LogP) is 1.23. The highest BCUT2D eigenvalue weighted by Gasteiger charge is 2.54. The summed E-state index contributed by atoms with van der Waals surface area (Å²) in [5.41, 5.74) is -0.425. The number of hydrogen-bond acceptors (Lipinski definition) is 4. The van der Waals surface area contributed by atoms with Crippen LogP contribution in [0.5, 0.6) is 0 Å². The third-order valence-corrected chi connectivity index (χ3v) is 5.44. The molecule has 24 heavy (non-hydrogen) atoms. The van der Waals surface area contributed by atoms with E-state index in [1.54, 1.807) is 18.0 Å². The van der Waals surface area contributed by atoms with Crippen molar-refractivity contribution in [1.29, 1.82) is 0 Å². The molecule has 0 bridgehead atoms. The van der Waals surface area contributed by atoms with E-state index in [1.807, 2.05) is 37.2 Å². The molecule has 130 valence electrons. The van der Waals surface area contributed by atoms with Gasteiger partial charge in [0.25, 0.3) is 0 Å². The summed E-state index contributed by atoms with van der Waals surface area (Å²) >= 11 is 0. The second kappa shape index (κ2) is 6.42. The molecule has 0 aliphatic carbocycles. The van der Waals surface area contributed by atoms with E-state index in [1.165, 1.54) is 0 Å². The minimum Gasteiger partial charge on any atom is -0.355 e. The maximum Gasteiger partial charge on any atom is 0.230 e. The summed E-state index contributed by atoms with van der Waals surface area (Å²) in [6.07, 6.45) is 3.47. The smallest absolute Gasteiger partial charge is 0.230 e. The molecule has 0 radical (unpaired) electrons. The van der Waals surface area contributed by atoms with Crippen LogP contribution < -0.4 is 4.90 Å². The maximum absolute atomic E-state index is 13.1. The quantitative estimate of drug-likeness (QED) is 0.818. The molecule has 3 rings (SSSR count). The van der Waals surface area contributed by atoms with Crippen LogP contribution in [0, 0.1) is 11.3 Å². The minimum atomic E-state index is -0.425. The number of fused-ring (bicyclic) bond motifs is 1. The van der Waals surface area contributed by atoms with Crippen LogP contribution in [-0.2, 0) is 9.59 Å². The van der Waals surface area contributed by atoms with Crippen molar-refractivity contribution in [2.45, 2.75) is 19.8 Å². The van der Waals surface area contributed by atoms with E-state index in [2.05, 4.69) is 9.88 Å². The van der Waals surface area contributed by atoms with Crippen LogP contribution in [0.1, 0.15) is 19.8 Å². The maximum atomic E-state index is 13.1. The molecule has 2 saturated heterocycles. The fraction of sp³-hybridized carbons (Fsp3) is 0.611. The van der Waals surface area contributed by atoms with Gasteiger partial charge in [0, 0.05) is 59.3 Å². The number of hydrogen-bond donors (Lipinski definition) is 0. The van der Waals surface area contributed by atoms with Crippen molar-refractivity contribution in [2.75, 3.05) is 45.2 Å². The Balaban J connectivity index is 1.94. The second-order valence-electron chi connectivity index (χ2n) is 7.19. The van der Waals surface area contributed by atoms with Gasteiger partial charge in [-0.3, -0.25) is 9.59 Å². The van der Waals surface area contributed by atoms with E-state index in [0.717, 1.165) is 31.7 Å². The monoisotopic (exact) mass is 330 g/mol. The van der Waals surface area contributed by atoms with Gasteiger partial charge in [0.15, 0.2) is 0 Å². The largest absolute Gasteiger partial charge is 0.355 e. The van der Waals surface area contributed by atoms with Gasteiger partial charge < -0.3 is 14.7 Å². The molecule has 0 spiro atoms. The van der Waals surface area contributed by atoms with E-state index >= 15 is 0 Å². The van der Waals surface area contributed by atoms with Crippen LogP contribution >= 0.6 is 0 Å². The van der Waals surface area contributed by atoms with Crippen molar-refractivity contribution in [3.05, 3.63) is 24.4 Å². The van der Waals surface area contributed by atoms with Crippen molar-refractivity contribution in [3.8, 4) is 0 Å². The molecular weight excluding hydrogens is 304 g/mol.